The first-order valence-electron chi connectivity index (χ1n) is 9.76. The molecule has 1 unspecified atom stereocenters. The molecule has 2 heterocycles. The van der Waals surface area contributed by atoms with Crippen molar-refractivity contribution in [2.45, 2.75) is 45.8 Å². The Morgan fingerprint density at radius 2 is 1.88 bits per heavy atom. The zero-order valence-corrected chi connectivity index (χ0v) is 16.4. The monoisotopic (exact) mass is 359 g/mol. The molecule has 5 nitrogen and oxygen atoms in total. The maximum atomic E-state index is 12.3. The van der Waals surface area contributed by atoms with E-state index < -0.39 is 5.60 Å². The van der Waals surface area contributed by atoms with Crippen LogP contribution in [0.2, 0.25) is 0 Å². The number of benzene rings is 1. The van der Waals surface area contributed by atoms with Gasteiger partial charge in [-0.15, -0.1) is 0 Å². The van der Waals surface area contributed by atoms with Crippen LogP contribution in [0.1, 0.15) is 39.2 Å². The Morgan fingerprint density at radius 1 is 1.23 bits per heavy atom. The maximum absolute atomic E-state index is 12.3. The number of ether oxygens (including phenoxy) is 1. The molecule has 1 amide bonds. The van der Waals surface area contributed by atoms with Gasteiger partial charge >= 0.3 is 6.09 Å². The summed E-state index contributed by atoms with van der Waals surface area (Å²) < 4.78 is 5.53. The molecule has 0 aliphatic carbocycles. The SMILES string of the molecule is CC(C)(C)OC(=O)N1CCC2(CC1)CN(Cc1ccccc1)CC2CN. The molecule has 2 aliphatic rings. The molecular weight excluding hydrogens is 326 g/mol. The first-order chi connectivity index (χ1) is 12.3. The lowest BCUT2D eigenvalue weighted by atomic mass is 9.71. The molecule has 2 saturated heterocycles. The van der Waals surface area contributed by atoms with Gasteiger partial charge in [0.05, 0.1) is 0 Å². The molecule has 2 N–H and O–H groups in total. The standard InChI is InChI=1S/C21H33N3O2/c1-20(2,3)26-19(25)24-11-9-21(10-12-24)16-23(15-18(21)13-22)14-17-7-5-4-6-8-17/h4-8,18H,9-16,22H2,1-3H3. The largest absolute Gasteiger partial charge is 0.444 e. The van der Waals surface area contributed by atoms with Crippen LogP contribution in [-0.2, 0) is 11.3 Å². The molecule has 0 aromatic heterocycles. The zero-order valence-electron chi connectivity index (χ0n) is 16.4. The Labute approximate surface area is 157 Å². The van der Waals surface area contributed by atoms with Gasteiger partial charge in [0, 0.05) is 32.7 Å². The van der Waals surface area contributed by atoms with Gasteiger partial charge in [0.1, 0.15) is 5.60 Å². The van der Waals surface area contributed by atoms with Gasteiger partial charge in [0.15, 0.2) is 0 Å². The summed E-state index contributed by atoms with van der Waals surface area (Å²) in [7, 11) is 0. The van der Waals surface area contributed by atoms with Crippen LogP contribution < -0.4 is 5.73 Å². The lowest BCUT2D eigenvalue weighted by Crippen LogP contribution is -2.48. The van der Waals surface area contributed by atoms with Gasteiger partial charge in [-0.25, -0.2) is 4.79 Å². The van der Waals surface area contributed by atoms with E-state index in [2.05, 4.69) is 35.2 Å². The van der Waals surface area contributed by atoms with E-state index in [0.29, 0.717) is 5.92 Å². The number of nitrogens with zero attached hydrogens (tertiary/aromatic N) is 2. The summed E-state index contributed by atoms with van der Waals surface area (Å²) in [6.45, 7) is 11.1. The van der Waals surface area contributed by atoms with Crippen LogP contribution in [0.25, 0.3) is 0 Å². The van der Waals surface area contributed by atoms with Crippen LogP contribution in [0, 0.1) is 11.3 Å². The highest BCUT2D eigenvalue weighted by Gasteiger charge is 2.47. The van der Waals surface area contributed by atoms with Crippen LogP contribution >= 0.6 is 0 Å². The lowest BCUT2D eigenvalue weighted by molar-refractivity contribution is 0.00632. The van der Waals surface area contributed by atoms with E-state index in [9.17, 15) is 4.79 Å². The summed E-state index contributed by atoms with van der Waals surface area (Å²) >= 11 is 0. The molecule has 1 spiro atoms. The molecule has 3 rings (SSSR count). The third-order valence-corrected chi connectivity index (χ3v) is 5.83. The molecule has 26 heavy (non-hydrogen) atoms. The minimum Gasteiger partial charge on any atom is -0.444 e. The number of amides is 1. The molecule has 5 heteroatoms. The number of hydrogen-bond acceptors (Lipinski definition) is 4. The van der Waals surface area contributed by atoms with E-state index in [4.69, 9.17) is 10.5 Å². The van der Waals surface area contributed by atoms with Gasteiger partial charge in [-0.1, -0.05) is 30.3 Å². The van der Waals surface area contributed by atoms with Gasteiger partial charge in [0.2, 0.25) is 0 Å². The van der Waals surface area contributed by atoms with Crippen molar-refractivity contribution in [3.05, 3.63) is 35.9 Å². The molecule has 2 fully saturated rings. The number of nitrogens with two attached hydrogens (primary N) is 1. The van der Waals surface area contributed by atoms with Crippen molar-refractivity contribution in [1.82, 2.24) is 9.80 Å². The second kappa shape index (κ2) is 7.57. The van der Waals surface area contributed by atoms with E-state index in [-0.39, 0.29) is 11.5 Å². The van der Waals surface area contributed by atoms with Crippen molar-refractivity contribution in [3.63, 3.8) is 0 Å². The lowest BCUT2D eigenvalue weighted by Gasteiger charge is -2.42. The van der Waals surface area contributed by atoms with Crippen LogP contribution in [0.5, 0.6) is 0 Å². The van der Waals surface area contributed by atoms with Crippen molar-refractivity contribution < 1.29 is 9.53 Å². The first kappa shape index (κ1) is 19.2. The summed E-state index contributed by atoms with van der Waals surface area (Å²) in [5.74, 6) is 0.506. The van der Waals surface area contributed by atoms with Crippen LogP contribution in [0.3, 0.4) is 0 Å². The normalized spacial score (nSPS) is 23.4. The summed E-state index contributed by atoms with van der Waals surface area (Å²) in [4.78, 5) is 16.7. The molecule has 1 aromatic rings. The third-order valence-electron chi connectivity index (χ3n) is 5.83. The summed E-state index contributed by atoms with van der Waals surface area (Å²) in [6, 6.07) is 10.6. The average molecular weight is 360 g/mol. The maximum Gasteiger partial charge on any atom is 0.410 e. The number of likely N-dealkylation sites (tertiary alicyclic amines) is 2. The molecule has 2 aliphatic heterocycles. The smallest absolute Gasteiger partial charge is 0.410 e. The second-order valence-electron chi connectivity index (χ2n) is 8.92. The predicted octanol–water partition coefficient (Wildman–Crippen LogP) is 3.09. The van der Waals surface area contributed by atoms with Gasteiger partial charge in [-0.2, -0.15) is 0 Å². The minimum absolute atomic E-state index is 0.184. The number of carbonyl (C=O) groups is 1. The molecule has 1 atom stereocenters. The van der Waals surface area contributed by atoms with Crippen LogP contribution in [0.15, 0.2) is 30.3 Å². The zero-order chi connectivity index (χ0) is 18.8. The average Bonchev–Trinajstić information content (AvgIpc) is 2.91. The molecule has 144 valence electrons. The van der Waals surface area contributed by atoms with E-state index in [0.717, 1.165) is 52.1 Å². The summed E-state index contributed by atoms with van der Waals surface area (Å²) in [5, 5.41) is 0. The number of rotatable bonds is 3. The molecule has 0 radical (unpaired) electrons. The predicted molar refractivity (Wildman–Crippen MR) is 104 cm³/mol. The van der Waals surface area contributed by atoms with Gasteiger partial charge in [-0.3, -0.25) is 4.90 Å². The van der Waals surface area contributed by atoms with Crippen LogP contribution in [0.4, 0.5) is 4.79 Å². The van der Waals surface area contributed by atoms with E-state index >= 15 is 0 Å². The topological polar surface area (TPSA) is 58.8 Å². The second-order valence-corrected chi connectivity index (χ2v) is 8.92. The van der Waals surface area contributed by atoms with Gasteiger partial charge < -0.3 is 15.4 Å². The first-order valence-corrected chi connectivity index (χ1v) is 9.76. The fourth-order valence-electron chi connectivity index (χ4n) is 4.46. The van der Waals surface area contributed by atoms with Gasteiger partial charge in [0.25, 0.3) is 0 Å². The molecule has 0 saturated carbocycles. The molecular formula is C21H33N3O2. The fraction of sp³-hybridized carbons (Fsp3) is 0.667. The highest BCUT2D eigenvalue weighted by atomic mass is 16.6. The third kappa shape index (κ3) is 4.38. The highest BCUT2D eigenvalue weighted by molar-refractivity contribution is 5.68. The van der Waals surface area contributed by atoms with E-state index in [1.165, 1.54) is 5.56 Å². The number of hydrogen-bond donors (Lipinski definition) is 1. The van der Waals surface area contributed by atoms with E-state index in [1.807, 2.05) is 25.7 Å². The van der Waals surface area contributed by atoms with Crippen molar-refractivity contribution in [2.24, 2.45) is 17.1 Å². The van der Waals surface area contributed by atoms with Crippen molar-refractivity contribution in [2.75, 3.05) is 32.7 Å². The number of piperidine rings is 1. The van der Waals surface area contributed by atoms with Crippen molar-refractivity contribution in [1.29, 1.82) is 0 Å². The number of carbonyl (C=O) groups excluding carboxylic acids is 1. The van der Waals surface area contributed by atoms with Crippen molar-refractivity contribution in [3.8, 4) is 0 Å². The highest BCUT2D eigenvalue weighted by Crippen LogP contribution is 2.44. The summed E-state index contributed by atoms with van der Waals surface area (Å²) in [5.41, 5.74) is 7.29. The Hall–Kier alpha value is -1.59. The molecule has 1 aromatic carbocycles. The quantitative estimate of drug-likeness (QED) is 0.901. The minimum atomic E-state index is -0.439. The van der Waals surface area contributed by atoms with Gasteiger partial charge in [-0.05, 0) is 57.1 Å². The Kier molecular flexibility index (Phi) is 5.58. The summed E-state index contributed by atoms with van der Waals surface area (Å²) in [6.07, 6.45) is 1.84. The van der Waals surface area contributed by atoms with Crippen molar-refractivity contribution >= 4 is 6.09 Å². The fourth-order valence-corrected chi connectivity index (χ4v) is 4.46. The molecule has 0 bridgehead atoms. The Balaban J connectivity index is 1.60. The van der Waals surface area contributed by atoms with E-state index in [1.54, 1.807) is 0 Å². The Morgan fingerprint density at radius 3 is 2.46 bits per heavy atom. The van der Waals surface area contributed by atoms with Crippen LogP contribution in [-0.4, -0.2) is 54.2 Å². The Bertz CT molecular complexity index is 603.